The summed E-state index contributed by atoms with van der Waals surface area (Å²) < 4.78 is 0. The highest BCUT2D eigenvalue weighted by atomic mass is 16.3. The number of carbonyl (C=O) groups is 1. The lowest BCUT2D eigenvalue weighted by molar-refractivity contribution is 0.0247. The van der Waals surface area contributed by atoms with E-state index in [-0.39, 0.29) is 11.8 Å². The fourth-order valence-corrected chi connectivity index (χ4v) is 2.20. The minimum atomic E-state index is -0.436. The van der Waals surface area contributed by atoms with Crippen LogP contribution in [0.2, 0.25) is 0 Å². The molecule has 1 aliphatic rings. The van der Waals surface area contributed by atoms with Crippen LogP contribution < -0.4 is 0 Å². The van der Waals surface area contributed by atoms with Crippen molar-refractivity contribution in [2.24, 2.45) is 5.92 Å². The molecule has 1 aromatic rings. The molecule has 0 aliphatic carbocycles. The monoisotopic (exact) mass is 249 g/mol. The largest absolute Gasteiger partial charge is 0.391 e. The van der Waals surface area contributed by atoms with Gasteiger partial charge in [0.2, 0.25) is 0 Å². The van der Waals surface area contributed by atoms with Gasteiger partial charge in [0, 0.05) is 19.3 Å². The zero-order valence-electron chi connectivity index (χ0n) is 11.1. The third-order valence-electron chi connectivity index (χ3n) is 3.54. The van der Waals surface area contributed by atoms with Crippen LogP contribution in [-0.4, -0.2) is 45.1 Å². The second-order valence-electron chi connectivity index (χ2n) is 5.00. The van der Waals surface area contributed by atoms with Crippen molar-refractivity contribution in [1.29, 1.82) is 0 Å². The number of β-amino-alcohol motifs (C(OH)–C–C–N with tert-alkyl or cyclic N) is 1. The molecule has 2 unspecified atom stereocenters. The summed E-state index contributed by atoms with van der Waals surface area (Å²) in [6, 6.07) is 0. The fourth-order valence-electron chi connectivity index (χ4n) is 2.20. The fraction of sp³-hybridized carbons (Fsp3) is 0.615. The Balaban J connectivity index is 2.16. The molecule has 0 saturated carbocycles. The normalized spacial score (nSPS) is 24.1. The van der Waals surface area contributed by atoms with Gasteiger partial charge in [-0.25, -0.2) is 9.97 Å². The number of aliphatic hydroxyl groups is 1. The standard InChI is InChI=1S/C13H19N3O2/c1-8-4-5-16(7-12(8)17)13(18)11-6-14-10(3)15-9(11)2/h6,8,12,17H,4-5,7H2,1-3H3. The molecule has 0 aromatic carbocycles. The Bertz CT molecular complexity index is 462. The van der Waals surface area contributed by atoms with Crippen molar-refractivity contribution in [2.45, 2.75) is 33.3 Å². The second-order valence-corrected chi connectivity index (χ2v) is 5.00. The summed E-state index contributed by atoms with van der Waals surface area (Å²) >= 11 is 0. The van der Waals surface area contributed by atoms with Gasteiger partial charge in [-0.05, 0) is 26.2 Å². The molecule has 5 heteroatoms. The van der Waals surface area contributed by atoms with E-state index >= 15 is 0 Å². The van der Waals surface area contributed by atoms with Crippen LogP contribution in [0.1, 0.15) is 35.2 Å². The van der Waals surface area contributed by atoms with Crippen molar-refractivity contribution in [2.75, 3.05) is 13.1 Å². The molecule has 2 rings (SSSR count). The number of amides is 1. The van der Waals surface area contributed by atoms with Crippen molar-refractivity contribution in [3.05, 3.63) is 23.3 Å². The molecule has 0 bridgehead atoms. The summed E-state index contributed by atoms with van der Waals surface area (Å²) in [5.41, 5.74) is 1.22. The van der Waals surface area contributed by atoms with Crippen LogP contribution in [-0.2, 0) is 0 Å². The van der Waals surface area contributed by atoms with E-state index in [0.717, 1.165) is 6.42 Å². The van der Waals surface area contributed by atoms with Gasteiger partial charge in [-0.1, -0.05) is 6.92 Å². The molecule has 1 amide bonds. The Morgan fingerprint density at radius 2 is 2.22 bits per heavy atom. The molecule has 5 nitrogen and oxygen atoms in total. The number of carbonyl (C=O) groups excluding carboxylic acids is 1. The topological polar surface area (TPSA) is 66.3 Å². The quantitative estimate of drug-likeness (QED) is 0.804. The smallest absolute Gasteiger partial charge is 0.257 e. The molecule has 1 aliphatic heterocycles. The molecular formula is C13H19N3O2. The first-order valence-electron chi connectivity index (χ1n) is 6.26. The number of hydrogen-bond acceptors (Lipinski definition) is 4. The Hall–Kier alpha value is -1.49. The Kier molecular flexibility index (Phi) is 3.61. The zero-order valence-corrected chi connectivity index (χ0v) is 11.1. The van der Waals surface area contributed by atoms with Gasteiger partial charge in [-0.15, -0.1) is 0 Å². The number of piperidine rings is 1. The number of nitrogens with zero attached hydrogens (tertiary/aromatic N) is 3. The van der Waals surface area contributed by atoms with Gasteiger partial charge in [-0.2, -0.15) is 0 Å². The van der Waals surface area contributed by atoms with Crippen LogP contribution in [0.5, 0.6) is 0 Å². The first kappa shape index (κ1) is 13.0. The van der Waals surface area contributed by atoms with Crippen molar-refractivity contribution in [3.8, 4) is 0 Å². The van der Waals surface area contributed by atoms with E-state index in [0.29, 0.717) is 30.2 Å². The van der Waals surface area contributed by atoms with Crippen LogP contribution in [0, 0.1) is 19.8 Å². The molecule has 1 fully saturated rings. The summed E-state index contributed by atoms with van der Waals surface area (Å²) in [4.78, 5) is 22.3. The van der Waals surface area contributed by atoms with E-state index in [1.165, 1.54) is 0 Å². The zero-order chi connectivity index (χ0) is 13.3. The molecule has 0 radical (unpaired) electrons. The lowest BCUT2D eigenvalue weighted by atomic mass is 9.95. The van der Waals surface area contributed by atoms with Crippen LogP contribution in [0.15, 0.2) is 6.20 Å². The summed E-state index contributed by atoms with van der Waals surface area (Å²) in [7, 11) is 0. The van der Waals surface area contributed by atoms with E-state index in [2.05, 4.69) is 9.97 Å². The lowest BCUT2D eigenvalue weighted by Gasteiger charge is -2.34. The molecule has 2 atom stereocenters. The van der Waals surface area contributed by atoms with Gasteiger partial charge >= 0.3 is 0 Å². The maximum atomic E-state index is 12.3. The highest BCUT2D eigenvalue weighted by Crippen LogP contribution is 2.19. The van der Waals surface area contributed by atoms with Gasteiger partial charge < -0.3 is 10.0 Å². The second kappa shape index (κ2) is 5.02. The van der Waals surface area contributed by atoms with Gasteiger partial charge in [0.15, 0.2) is 0 Å². The minimum absolute atomic E-state index is 0.0848. The molecule has 98 valence electrons. The van der Waals surface area contributed by atoms with Crippen molar-refractivity contribution in [1.82, 2.24) is 14.9 Å². The summed E-state index contributed by atoms with van der Waals surface area (Å²) in [5.74, 6) is 0.833. The molecule has 18 heavy (non-hydrogen) atoms. The van der Waals surface area contributed by atoms with Crippen molar-refractivity contribution in [3.63, 3.8) is 0 Å². The molecule has 1 aromatic heterocycles. The van der Waals surface area contributed by atoms with E-state index in [1.54, 1.807) is 18.0 Å². The summed E-state index contributed by atoms with van der Waals surface area (Å²) in [6.07, 6.45) is 1.97. The maximum absolute atomic E-state index is 12.3. The van der Waals surface area contributed by atoms with Gasteiger partial charge in [0.1, 0.15) is 5.82 Å². The summed E-state index contributed by atoms with van der Waals surface area (Å²) in [5, 5.41) is 9.83. The molecular weight excluding hydrogens is 230 g/mol. The Labute approximate surface area is 107 Å². The third-order valence-corrected chi connectivity index (χ3v) is 3.54. The predicted octanol–water partition coefficient (Wildman–Crippen LogP) is 0.936. The number of rotatable bonds is 1. The van der Waals surface area contributed by atoms with Gasteiger partial charge in [0.05, 0.1) is 17.4 Å². The molecule has 0 spiro atoms. The average molecular weight is 249 g/mol. The number of aryl methyl sites for hydroxylation is 2. The number of aromatic nitrogens is 2. The van der Waals surface area contributed by atoms with E-state index < -0.39 is 6.10 Å². The third kappa shape index (κ3) is 2.51. The number of aliphatic hydroxyl groups excluding tert-OH is 1. The van der Waals surface area contributed by atoms with E-state index in [1.807, 2.05) is 13.8 Å². The van der Waals surface area contributed by atoms with Gasteiger partial charge in [-0.3, -0.25) is 4.79 Å². The van der Waals surface area contributed by atoms with Crippen LogP contribution in [0.4, 0.5) is 0 Å². The highest BCUT2D eigenvalue weighted by molar-refractivity contribution is 5.95. The number of hydrogen-bond donors (Lipinski definition) is 1. The highest BCUT2D eigenvalue weighted by Gasteiger charge is 2.28. The predicted molar refractivity (Wildman–Crippen MR) is 67.2 cm³/mol. The first-order valence-corrected chi connectivity index (χ1v) is 6.26. The van der Waals surface area contributed by atoms with Gasteiger partial charge in [0.25, 0.3) is 5.91 Å². The SMILES string of the molecule is Cc1ncc(C(=O)N2CCC(C)C(O)C2)c(C)n1. The minimum Gasteiger partial charge on any atom is -0.391 e. The van der Waals surface area contributed by atoms with Crippen LogP contribution >= 0.6 is 0 Å². The van der Waals surface area contributed by atoms with E-state index in [4.69, 9.17) is 0 Å². The first-order chi connectivity index (χ1) is 8.49. The van der Waals surface area contributed by atoms with Crippen LogP contribution in [0.3, 0.4) is 0 Å². The summed E-state index contributed by atoms with van der Waals surface area (Å²) in [6.45, 7) is 6.70. The van der Waals surface area contributed by atoms with E-state index in [9.17, 15) is 9.90 Å². The van der Waals surface area contributed by atoms with Crippen molar-refractivity contribution < 1.29 is 9.90 Å². The van der Waals surface area contributed by atoms with Crippen molar-refractivity contribution >= 4 is 5.91 Å². The Morgan fingerprint density at radius 1 is 1.50 bits per heavy atom. The van der Waals surface area contributed by atoms with Crippen LogP contribution in [0.25, 0.3) is 0 Å². The lowest BCUT2D eigenvalue weighted by Crippen LogP contribution is -2.46. The average Bonchev–Trinajstić information content (AvgIpc) is 2.32. The molecule has 1 N–H and O–H groups in total. The molecule has 2 heterocycles. The number of likely N-dealkylation sites (tertiary alicyclic amines) is 1. The maximum Gasteiger partial charge on any atom is 0.257 e. The molecule has 1 saturated heterocycles. The Morgan fingerprint density at radius 3 is 2.83 bits per heavy atom.